The number of carbonyl (C=O) groups is 1. The van der Waals surface area contributed by atoms with Crippen LogP contribution in [0.4, 0.5) is 5.69 Å². The molecule has 0 saturated heterocycles. The Labute approximate surface area is 115 Å². The fourth-order valence-corrected chi connectivity index (χ4v) is 1.85. The monoisotopic (exact) mass is 276 g/mol. The number of nitrogens with one attached hydrogen (secondary N) is 1. The highest BCUT2D eigenvalue weighted by Crippen LogP contribution is 2.21. The van der Waals surface area contributed by atoms with E-state index in [-0.39, 0.29) is 11.5 Å². The van der Waals surface area contributed by atoms with Crippen molar-refractivity contribution in [2.24, 2.45) is 7.05 Å². The van der Waals surface area contributed by atoms with Gasteiger partial charge in [0.15, 0.2) is 0 Å². The number of benzene rings is 1. The number of aromatic nitrogens is 1. The summed E-state index contributed by atoms with van der Waals surface area (Å²) in [7, 11) is 1.62. The van der Waals surface area contributed by atoms with Gasteiger partial charge in [0.2, 0.25) is 11.5 Å². The second-order valence-electron chi connectivity index (χ2n) is 4.13. The van der Waals surface area contributed by atoms with E-state index in [0.29, 0.717) is 5.69 Å². The fourth-order valence-electron chi connectivity index (χ4n) is 1.65. The quantitative estimate of drug-likeness (QED) is 0.875. The summed E-state index contributed by atoms with van der Waals surface area (Å²) in [6.45, 7) is 0. The number of hydrogen-bond donors (Lipinski definition) is 1. The van der Waals surface area contributed by atoms with E-state index in [1.807, 2.05) is 18.2 Å². The number of aryl methyl sites for hydroxylation is 1. The number of halogens is 1. The van der Waals surface area contributed by atoms with Gasteiger partial charge in [0.25, 0.3) is 0 Å². The molecule has 0 spiro atoms. The predicted molar refractivity (Wildman–Crippen MR) is 75.3 cm³/mol. The molecule has 0 fully saturated rings. The van der Waals surface area contributed by atoms with Crippen molar-refractivity contribution in [1.82, 2.24) is 4.57 Å². The average Bonchev–Trinajstić information content (AvgIpc) is 2.43. The number of carbonyl (C=O) groups excluding carboxylic acids is 1. The lowest BCUT2D eigenvalue weighted by molar-refractivity contribution is -0.116. The molecule has 1 amide bonds. The maximum Gasteiger partial charge on any atom is 0.250 e. The molecule has 1 N–H and O–H groups in total. The highest BCUT2D eigenvalue weighted by Gasteiger charge is 2.17. The Kier molecular flexibility index (Phi) is 4.02. The van der Waals surface area contributed by atoms with Crippen LogP contribution in [-0.4, -0.2) is 10.5 Å². The Morgan fingerprint density at radius 3 is 2.53 bits per heavy atom. The molecule has 5 heteroatoms. The molecule has 98 valence electrons. The zero-order valence-electron chi connectivity index (χ0n) is 10.3. The van der Waals surface area contributed by atoms with Gasteiger partial charge >= 0.3 is 0 Å². The first-order valence-corrected chi connectivity index (χ1v) is 6.18. The van der Waals surface area contributed by atoms with Crippen LogP contribution in [0.2, 0.25) is 0 Å². The van der Waals surface area contributed by atoms with Crippen molar-refractivity contribution >= 4 is 23.2 Å². The van der Waals surface area contributed by atoms with Crippen LogP contribution < -0.4 is 10.9 Å². The second-order valence-corrected chi connectivity index (χ2v) is 4.57. The van der Waals surface area contributed by atoms with Gasteiger partial charge in [-0.1, -0.05) is 30.3 Å². The van der Waals surface area contributed by atoms with Gasteiger partial charge in [0.05, 0.1) is 5.69 Å². The summed E-state index contributed by atoms with van der Waals surface area (Å²) in [5.74, 6) is -0.327. The largest absolute Gasteiger partial charge is 0.323 e. The third-order valence-corrected chi connectivity index (χ3v) is 3.13. The molecule has 4 nitrogen and oxygen atoms in total. The van der Waals surface area contributed by atoms with Crippen LogP contribution in [0.15, 0.2) is 53.5 Å². The van der Waals surface area contributed by atoms with Gasteiger partial charge in [0.1, 0.15) is 5.38 Å². The second kappa shape index (κ2) is 5.71. The SMILES string of the molecule is Cn1cc(NC(=O)C(Cl)c2ccccc2)ccc1=O. The van der Waals surface area contributed by atoms with Crippen molar-refractivity contribution in [1.29, 1.82) is 0 Å². The summed E-state index contributed by atoms with van der Waals surface area (Å²) in [6.07, 6.45) is 1.55. The molecule has 1 unspecified atom stereocenters. The summed E-state index contributed by atoms with van der Waals surface area (Å²) in [5.41, 5.74) is 1.13. The topological polar surface area (TPSA) is 51.1 Å². The summed E-state index contributed by atoms with van der Waals surface area (Å²) in [6, 6.07) is 12.0. The van der Waals surface area contributed by atoms with Crippen LogP contribution in [0, 0.1) is 0 Å². The van der Waals surface area contributed by atoms with Crippen molar-refractivity contribution in [3.63, 3.8) is 0 Å². The van der Waals surface area contributed by atoms with E-state index in [4.69, 9.17) is 11.6 Å². The fraction of sp³-hybridized carbons (Fsp3) is 0.143. The standard InChI is InChI=1S/C14H13ClN2O2/c1-17-9-11(7-8-12(17)18)16-14(19)13(15)10-5-3-2-4-6-10/h2-9,13H,1H3,(H,16,19). The average molecular weight is 277 g/mol. The molecule has 0 aliphatic rings. The molecule has 0 aliphatic carbocycles. The first-order valence-electron chi connectivity index (χ1n) is 5.74. The third kappa shape index (κ3) is 3.23. The number of alkyl halides is 1. The van der Waals surface area contributed by atoms with E-state index in [2.05, 4.69) is 5.32 Å². The van der Waals surface area contributed by atoms with E-state index in [0.717, 1.165) is 5.56 Å². The first kappa shape index (κ1) is 13.4. The molecule has 0 aliphatic heterocycles. The molecule has 2 aromatic rings. The van der Waals surface area contributed by atoms with Gasteiger partial charge in [-0.25, -0.2) is 0 Å². The van der Waals surface area contributed by atoms with Crippen molar-refractivity contribution in [3.8, 4) is 0 Å². The number of nitrogens with zero attached hydrogens (tertiary/aromatic N) is 1. The Morgan fingerprint density at radius 2 is 1.89 bits per heavy atom. The zero-order valence-corrected chi connectivity index (χ0v) is 11.1. The smallest absolute Gasteiger partial charge is 0.250 e. The Hall–Kier alpha value is -2.07. The summed E-state index contributed by atoms with van der Waals surface area (Å²) in [5, 5.41) is 1.91. The van der Waals surface area contributed by atoms with E-state index in [9.17, 15) is 9.59 Å². The molecule has 0 saturated carbocycles. The molecule has 0 radical (unpaired) electrons. The highest BCUT2D eigenvalue weighted by molar-refractivity contribution is 6.32. The van der Waals surface area contributed by atoms with Gasteiger partial charge in [-0.15, -0.1) is 11.6 Å². The van der Waals surface area contributed by atoms with Gasteiger partial charge in [-0.3, -0.25) is 9.59 Å². The number of amides is 1. The maximum atomic E-state index is 12.0. The van der Waals surface area contributed by atoms with Gasteiger partial charge in [-0.2, -0.15) is 0 Å². The lowest BCUT2D eigenvalue weighted by atomic mass is 10.1. The highest BCUT2D eigenvalue weighted by atomic mass is 35.5. The Bertz CT molecular complexity index is 637. The molecular formula is C14H13ClN2O2. The first-order chi connectivity index (χ1) is 9.08. The number of rotatable bonds is 3. The van der Waals surface area contributed by atoms with Gasteiger partial charge < -0.3 is 9.88 Å². The van der Waals surface area contributed by atoms with E-state index >= 15 is 0 Å². The Morgan fingerprint density at radius 1 is 1.21 bits per heavy atom. The van der Waals surface area contributed by atoms with Crippen LogP contribution in [0.25, 0.3) is 0 Å². The minimum absolute atomic E-state index is 0.136. The Balaban J connectivity index is 2.13. The predicted octanol–water partition coefficient (Wildman–Crippen LogP) is 2.30. The van der Waals surface area contributed by atoms with Crippen molar-refractivity contribution in [2.75, 3.05) is 5.32 Å². The van der Waals surface area contributed by atoms with Crippen molar-refractivity contribution in [3.05, 3.63) is 64.6 Å². The zero-order chi connectivity index (χ0) is 13.8. The molecule has 1 heterocycles. The normalized spacial score (nSPS) is 11.9. The molecule has 2 rings (SSSR count). The summed E-state index contributed by atoms with van der Waals surface area (Å²) in [4.78, 5) is 23.2. The van der Waals surface area contributed by atoms with Gasteiger partial charge in [0, 0.05) is 19.3 Å². The number of anilines is 1. The van der Waals surface area contributed by atoms with Crippen LogP contribution in [0.5, 0.6) is 0 Å². The van der Waals surface area contributed by atoms with Crippen LogP contribution >= 0.6 is 11.6 Å². The lowest BCUT2D eigenvalue weighted by Crippen LogP contribution is -2.20. The van der Waals surface area contributed by atoms with Crippen molar-refractivity contribution < 1.29 is 4.79 Å². The van der Waals surface area contributed by atoms with E-state index in [1.54, 1.807) is 31.4 Å². The van der Waals surface area contributed by atoms with Gasteiger partial charge in [-0.05, 0) is 11.6 Å². The van der Waals surface area contributed by atoms with E-state index < -0.39 is 5.38 Å². The maximum absolute atomic E-state index is 12.0. The minimum Gasteiger partial charge on any atom is -0.323 e. The third-order valence-electron chi connectivity index (χ3n) is 2.68. The molecular weight excluding hydrogens is 264 g/mol. The number of pyridine rings is 1. The van der Waals surface area contributed by atoms with Crippen molar-refractivity contribution in [2.45, 2.75) is 5.38 Å². The van der Waals surface area contributed by atoms with Crippen LogP contribution in [0.1, 0.15) is 10.9 Å². The summed E-state index contributed by atoms with van der Waals surface area (Å²) < 4.78 is 1.39. The lowest BCUT2D eigenvalue weighted by Gasteiger charge is -2.11. The molecule has 1 aromatic carbocycles. The number of hydrogen-bond acceptors (Lipinski definition) is 2. The van der Waals surface area contributed by atoms with Crippen LogP contribution in [0.3, 0.4) is 0 Å². The molecule has 1 aromatic heterocycles. The molecule has 19 heavy (non-hydrogen) atoms. The minimum atomic E-state index is -0.765. The molecule has 0 bridgehead atoms. The van der Waals surface area contributed by atoms with Crippen LogP contribution in [-0.2, 0) is 11.8 Å². The molecule has 1 atom stereocenters. The van der Waals surface area contributed by atoms with E-state index in [1.165, 1.54) is 10.6 Å². The summed E-state index contributed by atoms with van der Waals surface area (Å²) >= 11 is 6.10.